The molecule has 8 nitrogen and oxygen atoms in total. The number of nitrogens with zero attached hydrogens (tertiary/aromatic N) is 5. The van der Waals surface area contributed by atoms with Gasteiger partial charge in [0, 0.05) is 23.6 Å². The molecule has 31 heavy (non-hydrogen) atoms. The van der Waals surface area contributed by atoms with Crippen molar-refractivity contribution in [2.45, 2.75) is 25.8 Å². The lowest BCUT2D eigenvalue weighted by atomic mass is 10.1. The van der Waals surface area contributed by atoms with E-state index in [0.717, 1.165) is 5.56 Å². The molecule has 2 atom stereocenters. The van der Waals surface area contributed by atoms with Crippen LogP contribution in [0.3, 0.4) is 0 Å². The molecule has 3 aromatic heterocycles. The van der Waals surface area contributed by atoms with E-state index in [1.54, 1.807) is 61.7 Å². The number of hydrogen-bond donors (Lipinski definition) is 0. The fourth-order valence-electron chi connectivity index (χ4n) is 3.66. The van der Waals surface area contributed by atoms with E-state index in [0.29, 0.717) is 40.0 Å². The zero-order valence-corrected chi connectivity index (χ0v) is 17.7. The molecule has 0 radical (unpaired) electrons. The summed E-state index contributed by atoms with van der Waals surface area (Å²) in [7, 11) is 3.08. The van der Waals surface area contributed by atoms with Crippen molar-refractivity contribution in [1.29, 1.82) is 5.26 Å². The highest BCUT2D eigenvalue weighted by atomic mass is 16.5. The minimum absolute atomic E-state index is 0.131. The predicted molar refractivity (Wildman–Crippen MR) is 114 cm³/mol. The van der Waals surface area contributed by atoms with Crippen molar-refractivity contribution in [2.24, 2.45) is 0 Å². The molecule has 0 saturated carbocycles. The molecule has 1 aliphatic heterocycles. The van der Waals surface area contributed by atoms with Gasteiger partial charge in [-0.15, -0.1) is 0 Å². The van der Waals surface area contributed by atoms with E-state index < -0.39 is 0 Å². The Kier molecular flexibility index (Phi) is 5.26. The van der Waals surface area contributed by atoms with Crippen LogP contribution >= 0.6 is 0 Å². The number of anilines is 1. The maximum Gasteiger partial charge on any atom is 0.260 e. The summed E-state index contributed by atoms with van der Waals surface area (Å²) in [6, 6.07) is 10.8. The second kappa shape index (κ2) is 8.03. The first-order valence-electron chi connectivity index (χ1n) is 9.77. The van der Waals surface area contributed by atoms with Crippen LogP contribution in [0.25, 0.3) is 11.3 Å². The maximum absolute atomic E-state index is 13.1. The normalized spacial score (nSPS) is 15.9. The first-order chi connectivity index (χ1) is 15.0. The Balaban J connectivity index is 1.72. The Labute approximate surface area is 180 Å². The average Bonchev–Trinajstić information content (AvgIpc) is 3.07. The molecule has 1 amide bonds. The zero-order chi connectivity index (χ0) is 22.1. The van der Waals surface area contributed by atoms with Crippen molar-refractivity contribution in [3.8, 4) is 29.0 Å². The van der Waals surface area contributed by atoms with Crippen LogP contribution in [0.5, 0.6) is 11.6 Å². The van der Waals surface area contributed by atoms with Gasteiger partial charge in [0.25, 0.3) is 11.8 Å². The molecule has 0 aliphatic carbocycles. The Hall–Kier alpha value is -3.99. The molecular weight excluding hydrogens is 394 g/mol. The highest BCUT2D eigenvalue weighted by Crippen LogP contribution is 2.38. The molecule has 0 saturated heterocycles. The Bertz CT molecular complexity index is 1200. The van der Waals surface area contributed by atoms with Crippen LogP contribution in [0.15, 0.2) is 42.7 Å². The highest BCUT2D eigenvalue weighted by Gasteiger charge is 2.36. The summed E-state index contributed by atoms with van der Waals surface area (Å²) >= 11 is 0. The first kappa shape index (κ1) is 20.3. The van der Waals surface area contributed by atoms with Crippen molar-refractivity contribution in [3.05, 3.63) is 59.7 Å². The van der Waals surface area contributed by atoms with Gasteiger partial charge in [0.15, 0.2) is 5.75 Å². The van der Waals surface area contributed by atoms with E-state index in [9.17, 15) is 10.1 Å². The van der Waals surface area contributed by atoms with Gasteiger partial charge >= 0.3 is 0 Å². The van der Waals surface area contributed by atoms with Gasteiger partial charge in [-0.05, 0) is 44.2 Å². The molecular formula is C23H21N5O3. The van der Waals surface area contributed by atoms with Crippen LogP contribution in [-0.4, -0.2) is 35.1 Å². The Morgan fingerprint density at radius 1 is 1.16 bits per heavy atom. The third-order valence-corrected chi connectivity index (χ3v) is 5.36. The third kappa shape index (κ3) is 3.44. The lowest BCUT2D eigenvalue weighted by Crippen LogP contribution is -2.26. The summed E-state index contributed by atoms with van der Waals surface area (Å²) in [6.07, 6.45) is 3.28. The number of hydrogen-bond acceptors (Lipinski definition) is 7. The Morgan fingerprint density at radius 2 is 1.97 bits per heavy atom. The topological polar surface area (TPSA) is 101 Å². The minimum atomic E-state index is -0.363. The van der Waals surface area contributed by atoms with Crippen molar-refractivity contribution in [2.75, 3.05) is 19.1 Å². The van der Waals surface area contributed by atoms with Crippen LogP contribution in [0.4, 0.5) is 5.69 Å². The number of carbonyl (C=O) groups is 1. The lowest BCUT2D eigenvalue weighted by molar-refractivity contribution is 0.0992. The Morgan fingerprint density at radius 3 is 2.68 bits per heavy atom. The van der Waals surface area contributed by atoms with Gasteiger partial charge in [-0.25, -0.2) is 9.97 Å². The van der Waals surface area contributed by atoms with Gasteiger partial charge in [-0.2, -0.15) is 5.26 Å². The molecule has 0 fully saturated rings. The summed E-state index contributed by atoms with van der Waals surface area (Å²) in [4.78, 5) is 28.1. The van der Waals surface area contributed by atoms with E-state index in [1.165, 1.54) is 7.11 Å². The minimum Gasteiger partial charge on any atom is -0.491 e. The van der Waals surface area contributed by atoms with Crippen LogP contribution in [0.1, 0.15) is 47.6 Å². The number of methoxy groups -OCH3 is 2. The van der Waals surface area contributed by atoms with Crippen molar-refractivity contribution in [3.63, 3.8) is 0 Å². The van der Waals surface area contributed by atoms with Crippen molar-refractivity contribution < 1.29 is 14.3 Å². The molecule has 0 aromatic carbocycles. The van der Waals surface area contributed by atoms with E-state index in [4.69, 9.17) is 14.5 Å². The molecule has 0 N–H and O–H groups in total. The van der Waals surface area contributed by atoms with Crippen LogP contribution in [0.2, 0.25) is 0 Å². The molecule has 8 heteroatoms. The lowest BCUT2D eigenvalue weighted by Gasteiger charge is -2.22. The monoisotopic (exact) mass is 415 g/mol. The van der Waals surface area contributed by atoms with Gasteiger partial charge in [-0.1, -0.05) is 0 Å². The number of aromatic nitrogens is 3. The summed E-state index contributed by atoms with van der Waals surface area (Å²) in [6.45, 7) is 3.71. The standard InChI is InChI=1S/C23H21N5O3/c1-13(11-24)19-10-16(7-8-25-19)28-14(2)21-17(23(28)29)5-6-18(27-21)15-9-20(30-3)22(31-4)26-12-15/h5-10,12-14H,1-4H3. The second-order valence-corrected chi connectivity index (χ2v) is 7.21. The van der Waals surface area contributed by atoms with Gasteiger partial charge in [0.05, 0.1) is 54.9 Å². The van der Waals surface area contributed by atoms with E-state index >= 15 is 0 Å². The summed E-state index contributed by atoms with van der Waals surface area (Å²) < 4.78 is 10.5. The largest absolute Gasteiger partial charge is 0.491 e. The fourth-order valence-corrected chi connectivity index (χ4v) is 3.66. The van der Waals surface area contributed by atoms with Crippen LogP contribution < -0.4 is 14.4 Å². The van der Waals surface area contributed by atoms with Crippen molar-refractivity contribution >= 4 is 11.6 Å². The van der Waals surface area contributed by atoms with Gasteiger partial charge in [-0.3, -0.25) is 14.7 Å². The molecule has 0 bridgehead atoms. The summed E-state index contributed by atoms with van der Waals surface area (Å²) in [5.41, 5.74) is 3.99. The molecule has 4 heterocycles. The number of nitriles is 1. The molecule has 3 aromatic rings. The molecule has 0 spiro atoms. The van der Waals surface area contributed by atoms with Gasteiger partial charge < -0.3 is 9.47 Å². The highest BCUT2D eigenvalue weighted by molar-refractivity contribution is 6.10. The first-order valence-corrected chi connectivity index (χ1v) is 9.77. The van der Waals surface area contributed by atoms with Crippen molar-refractivity contribution in [1.82, 2.24) is 15.0 Å². The van der Waals surface area contributed by atoms with E-state index in [-0.39, 0.29) is 17.9 Å². The quantitative estimate of drug-likeness (QED) is 0.623. The summed E-state index contributed by atoms with van der Waals surface area (Å²) in [5.74, 6) is 0.401. The number of amides is 1. The number of carbonyl (C=O) groups excluding carboxylic acids is 1. The number of ether oxygens (including phenoxy) is 2. The number of fused-ring (bicyclic) bond motifs is 1. The SMILES string of the molecule is COc1cc(-c2ccc3c(n2)C(C)N(c2ccnc(C(C)C#N)c2)C3=O)cnc1OC. The maximum atomic E-state index is 13.1. The van der Waals surface area contributed by atoms with E-state index in [2.05, 4.69) is 16.0 Å². The number of rotatable bonds is 5. The fraction of sp³-hybridized carbons (Fsp3) is 0.261. The smallest absolute Gasteiger partial charge is 0.260 e. The van der Waals surface area contributed by atoms with E-state index in [1.807, 2.05) is 6.92 Å². The molecule has 1 aliphatic rings. The van der Waals surface area contributed by atoms with Gasteiger partial charge in [0.2, 0.25) is 0 Å². The third-order valence-electron chi connectivity index (χ3n) is 5.36. The number of pyridine rings is 3. The predicted octanol–water partition coefficient (Wildman–Crippen LogP) is 3.90. The second-order valence-electron chi connectivity index (χ2n) is 7.21. The van der Waals surface area contributed by atoms with Crippen LogP contribution in [-0.2, 0) is 0 Å². The van der Waals surface area contributed by atoms with Gasteiger partial charge in [0.1, 0.15) is 0 Å². The average molecular weight is 415 g/mol. The molecule has 4 rings (SSSR count). The molecule has 156 valence electrons. The zero-order valence-electron chi connectivity index (χ0n) is 17.7. The molecule has 2 unspecified atom stereocenters. The summed E-state index contributed by atoms with van der Waals surface area (Å²) in [5, 5.41) is 9.20. The van der Waals surface area contributed by atoms with Crippen LogP contribution in [0, 0.1) is 11.3 Å².